The molecule has 0 atom stereocenters. The van der Waals surface area contributed by atoms with E-state index in [4.69, 9.17) is 9.84 Å². The number of carbonyl (C=O) groups excluding carboxylic acids is 3. The molecule has 0 unspecified atom stereocenters. The van der Waals surface area contributed by atoms with Crippen molar-refractivity contribution in [3.8, 4) is 5.75 Å². The summed E-state index contributed by atoms with van der Waals surface area (Å²) < 4.78 is 6.09. The van der Waals surface area contributed by atoms with Crippen LogP contribution in [0.1, 0.15) is 21.5 Å². The van der Waals surface area contributed by atoms with Crippen LogP contribution in [0.15, 0.2) is 96.6 Å². The molecular weight excluding hydrogens is 472 g/mol. The molecule has 0 radical (unpaired) electrons. The molecule has 1 aliphatic heterocycles. The predicted molar refractivity (Wildman–Crippen MR) is 137 cm³/mol. The molecule has 8 nitrogen and oxygen atoms in total. The average molecular weight is 492 g/mol. The second-order valence-electron chi connectivity index (χ2n) is 8.28. The Balaban J connectivity index is 1.56. The standard InChI is InChI=1S/C29H20N2O6/c32-26-24(27(33)31(29(36)30-26)21-13-10-20(11-14-21)28(34)35)16-23-22-9-5-4-8-19(22)12-15-25(23)37-17-18-6-2-1-3-7-18/h1-16H,17H2,(H,34,35)(H,30,32,36). The maximum Gasteiger partial charge on any atom is 0.335 e. The van der Waals surface area contributed by atoms with Crippen LogP contribution >= 0.6 is 0 Å². The number of carboxylic acids is 1. The molecule has 1 heterocycles. The highest BCUT2D eigenvalue weighted by Gasteiger charge is 2.37. The molecule has 0 spiro atoms. The third-order valence-electron chi connectivity index (χ3n) is 5.93. The molecule has 37 heavy (non-hydrogen) atoms. The van der Waals surface area contributed by atoms with Gasteiger partial charge >= 0.3 is 12.0 Å². The van der Waals surface area contributed by atoms with E-state index in [2.05, 4.69) is 5.32 Å². The third-order valence-corrected chi connectivity index (χ3v) is 5.93. The minimum absolute atomic E-state index is 0.00331. The van der Waals surface area contributed by atoms with Crippen LogP contribution in [0, 0.1) is 0 Å². The molecule has 2 N–H and O–H groups in total. The van der Waals surface area contributed by atoms with E-state index < -0.39 is 23.8 Å². The molecule has 1 saturated heterocycles. The van der Waals surface area contributed by atoms with Gasteiger partial charge in [0.25, 0.3) is 11.8 Å². The van der Waals surface area contributed by atoms with Crippen LogP contribution in [0.3, 0.4) is 0 Å². The number of ether oxygens (including phenoxy) is 1. The summed E-state index contributed by atoms with van der Waals surface area (Å²) in [6.45, 7) is 0.274. The predicted octanol–water partition coefficient (Wildman–Crippen LogP) is 4.78. The lowest BCUT2D eigenvalue weighted by Crippen LogP contribution is -2.54. The van der Waals surface area contributed by atoms with Crippen LogP contribution < -0.4 is 15.0 Å². The maximum absolute atomic E-state index is 13.4. The Hall–Kier alpha value is -5.24. The molecule has 8 heteroatoms. The lowest BCUT2D eigenvalue weighted by molar-refractivity contribution is -0.122. The number of nitrogens with one attached hydrogen (secondary N) is 1. The quantitative estimate of drug-likeness (QED) is 0.296. The van der Waals surface area contributed by atoms with E-state index in [9.17, 15) is 19.2 Å². The second-order valence-corrected chi connectivity index (χ2v) is 8.28. The Morgan fingerprint density at radius 3 is 2.30 bits per heavy atom. The number of rotatable bonds is 6. The fraction of sp³-hybridized carbons (Fsp3) is 0.0345. The van der Waals surface area contributed by atoms with Gasteiger partial charge in [-0.25, -0.2) is 14.5 Å². The number of anilines is 1. The van der Waals surface area contributed by atoms with Crippen molar-refractivity contribution in [2.24, 2.45) is 0 Å². The Morgan fingerprint density at radius 1 is 0.865 bits per heavy atom. The monoisotopic (exact) mass is 492 g/mol. The first kappa shape index (κ1) is 23.5. The van der Waals surface area contributed by atoms with Gasteiger partial charge < -0.3 is 9.84 Å². The number of barbiturate groups is 1. The molecule has 4 aromatic carbocycles. The lowest BCUT2D eigenvalue weighted by atomic mass is 9.99. The molecule has 1 aliphatic rings. The Morgan fingerprint density at radius 2 is 1.57 bits per heavy atom. The number of hydrogen-bond acceptors (Lipinski definition) is 5. The van der Waals surface area contributed by atoms with E-state index in [0.717, 1.165) is 21.2 Å². The van der Waals surface area contributed by atoms with E-state index in [1.807, 2.05) is 60.7 Å². The van der Waals surface area contributed by atoms with Gasteiger partial charge in [-0.1, -0.05) is 60.7 Å². The van der Waals surface area contributed by atoms with Crippen LogP contribution in [0.4, 0.5) is 10.5 Å². The summed E-state index contributed by atoms with van der Waals surface area (Å²) >= 11 is 0. The smallest absolute Gasteiger partial charge is 0.335 e. The molecule has 4 amide bonds. The summed E-state index contributed by atoms with van der Waals surface area (Å²) in [6, 6.07) is 25.0. The molecule has 4 aromatic rings. The number of nitrogens with zero attached hydrogens (tertiary/aromatic N) is 1. The van der Waals surface area contributed by atoms with Crippen molar-refractivity contribution in [1.82, 2.24) is 5.32 Å². The van der Waals surface area contributed by atoms with Crippen LogP contribution in [0.25, 0.3) is 16.8 Å². The largest absolute Gasteiger partial charge is 0.488 e. The van der Waals surface area contributed by atoms with Crippen molar-refractivity contribution < 1.29 is 29.0 Å². The summed E-state index contributed by atoms with van der Waals surface area (Å²) in [4.78, 5) is 50.8. The highest BCUT2D eigenvalue weighted by Crippen LogP contribution is 2.32. The van der Waals surface area contributed by atoms with Crippen molar-refractivity contribution in [3.05, 3.63) is 113 Å². The average Bonchev–Trinajstić information content (AvgIpc) is 2.91. The minimum Gasteiger partial charge on any atom is -0.488 e. The van der Waals surface area contributed by atoms with Crippen molar-refractivity contribution in [2.45, 2.75) is 6.61 Å². The molecule has 0 aromatic heterocycles. The highest BCUT2D eigenvalue weighted by molar-refractivity contribution is 6.39. The Bertz CT molecular complexity index is 1580. The first-order chi connectivity index (χ1) is 17.9. The minimum atomic E-state index is -1.14. The van der Waals surface area contributed by atoms with Crippen molar-refractivity contribution in [3.63, 3.8) is 0 Å². The number of carbonyl (C=O) groups is 4. The topological polar surface area (TPSA) is 113 Å². The number of carboxylic acid groups (broad SMARTS) is 1. The van der Waals surface area contributed by atoms with E-state index in [0.29, 0.717) is 11.3 Å². The summed E-state index contributed by atoms with van der Waals surface area (Å²) in [6.07, 6.45) is 1.42. The van der Waals surface area contributed by atoms with E-state index in [1.165, 1.54) is 30.3 Å². The zero-order valence-corrected chi connectivity index (χ0v) is 19.4. The first-order valence-electron chi connectivity index (χ1n) is 11.4. The third kappa shape index (κ3) is 4.68. The molecule has 0 saturated carbocycles. The number of fused-ring (bicyclic) bond motifs is 1. The zero-order chi connectivity index (χ0) is 25.9. The summed E-state index contributed by atoms with van der Waals surface area (Å²) in [5.74, 6) is -2.35. The van der Waals surface area contributed by atoms with Crippen LogP contribution in [-0.2, 0) is 16.2 Å². The fourth-order valence-electron chi connectivity index (χ4n) is 4.08. The van der Waals surface area contributed by atoms with E-state index in [1.54, 1.807) is 6.07 Å². The molecule has 5 rings (SSSR count). The van der Waals surface area contributed by atoms with Gasteiger partial charge in [0.05, 0.1) is 11.3 Å². The molecular formula is C29H20N2O6. The van der Waals surface area contributed by atoms with Crippen LogP contribution in [0.5, 0.6) is 5.75 Å². The number of aromatic carboxylic acids is 1. The Labute approximate surface area is 211 Å². The van der Waals surface area contributed by atoms with E-state index >= 15 is 0 Å². The van der Waals surface area contributed by atoms with Crippen LogP contribution in [-0.4, -0.2) is 28.9 Å². The number of imide groups is 2. The van der Waals surface area contributed by atoms with Crippen molar-refractivity contribution in [1.29, 1.82) is 0 Å². The lowest BCUT2D eigenvalue weighted by Gasteiger charge is -2.26. The van der Waals surface area contributed by atoms with E-state index in [-0.39, 0.29) is 23.4 Å². The van der Waals surface area contributed by atoms with Gasteiger partial charge in [0.2, 0.25) is 0 Å². The zero-order valence-electron chi connectivity index (χ0n) is 19.4. The highest BCUT2D eigenvalue weighted by atomic mass is 16.5. The van der Waals surface area contributed by atoms with Gasteiger partial charge in [0.1, 0.15) is 17.9 Å². The SMILES string of the molecule is O=C1NC(=O)N(c2ccc(C(=O)O)cc2)C(=O)C1=Cc1c(OCc2ccccc2)ccc2ccccc12. The van der Waals surface area contributed by atoms with Gasteiger partial charge in [-0.3, -0.25) is 14.9 Å². The number of urea groups is 1. The van der Waals surface area contributed by atoms with Crippen LogP contribution in [0.2, 0.25) is 0 Å². The van der Waals surface area contributed by atoms with Crippen molar-refractivity contribution in [2.75, 3.05) is 4.90 Å². The van der Waals surface area contributed by atoms with Gasteiger partial charge in [0, 0.05) is 5.56 Å². The number of amides is 4. The van der Waals surface area contributed by atoms with Gasteiger partial charge in [-0.2, -0.15) is 0 Å². The summed E-state index contributed by atoms with van der Waals surface area (Å²) in [5.41, 5.74) is 1.33. The van der Waals surface area contributed by atoms with Gasteiger partial charge in [0.15, 0.2) is 0 Å². The van der Waals surface area contributed by atoms with Crippen molar-refractivity contribution >= 4 is 46.4 Å². The van der Waals surface area contributed by atoms with Gasteiger partial charge in [-0.05, 0) is 52.7 Å². The molecule has 182 valence electrons. The molecule has 0 bridgehead atoms. The maximum atomic E-state index is 13.4. The molecule has 1 fully saturated rings. The Kier molecular flexibility index (Phi) is 6.22. The summed E-state index contributed by atoms with van der Waals surface area (Å²) in [5, 5.41) is 13.0. The van der Waals surface area contributed by atoms with Gasteiger partial charge in [-0.15, -0.1) is 0 Å². The normalized spacial score (nSPS) is 14.6. The number of benzene rings is 4. The second kappa shape index (κ2) is 9.79. The fourth-order valence-corrected chi connectivity index (χ4v) is 4.08. The molecule has 0 aliphatic carbocycles. The summed E-state index contributed by atoms with van der Waals surface area (Å²) in [7, 11) is 0. The first-order valence-corrected chi connectivity index (χ1v) is 11.4. The number of hydrogen-bond donors (Lipinski definition) is 2.